The molecule has 1 aliphatic heterocycles. The van der Waals surface area contributed by atoms with Crippen LogP contribution in [0.25, 0.3) is 0 Å². The highest BCUT2D eigenvalue weighted by molar-refractivity contribution is 7.89. The van der Waals surface area contributed by atoms with Crippen molar-refractivity contribution in [3.63, 3.8) is 0 Å². The van der Waals surface area contributed by atoms with E-state index in [9.17, 15) is 13.2 Å². The van der Waals surface area contributed by atoms with Crippen LogP contribution in [0.4, 0.5) is 0 Å². The zero-order valence-corrected chi connectivity index (χ0v) is 14.2. The number of amides is 1. The summed E-state index contributed by atoms with van der Waals surface area (Å²) in [6.07, 6.45) is 1.66. The van der Waals surface area contributed by atoms with Crippen molar-refractivity contribution in [2.75, 3.05) is 26.0 Å². The van der Waals surface area contributed by atoms with Crippen molar-refractivity contribution in [1.82, 2.24) is 9.62 Å². The molecule has 2 aliphatic rings. The minimum atomic E-state index is -3.25. The number of nitrogens with zero attached hydrogens (tertiary/aromatic N) is 1. The Kier molecular flexibility index (Phi) is 3.98. The van der Waals surface area contributed by atoms with Crippen molar-refractivity contribution in [2.45, 2.75) is 30.9 Å². The van der Waals surface area contributed by atoms with Gasteiger partial charge in [-0.25, -0.2) is 8.42 Å². The lowest BCUT2D eigenvalue weighted by atomic mass is 9.83. The number of rotatable bonds is 6. The molecule has 0 radical (unpaired) electrons. The standard InChI is InChI=1S/C16H22N2O4S/c1-3-23(20,21)18-11-15(12-18,16(22-2)9-10-16)17-14(19)13-7-5-4-6-8-13/h4-8H,3,9-12H2,1-2H3,(H,17,19). The van der Waals surface area contributed by atoms with Crippen LogP contribution in [-0.2, 0) is 14.8 Å². The second kappa shape index (κ2) is 5.58. The molecular weight excluding hydrogens is 316 g/mol. The Labute approximate surface area is 136 Å². The summed E-state index contributed by atoms with van der Waals surface area (Å²) < 4.78 is 31.1. The van der Waals surface area contributed by atoms with Gasteiger partial charge in [0, 0.05) is 25.8 Å². The van der Waals surface area contributed by atoms with E-state index >= 15 is 0 Å². The lowest BCUT2D eigenvalue weighted by Crippen LogP contribution is -2.77. The van der Waals surface area contributed by atoms with Gasteiger partial charge in [0.25, 0.3) is 5.91 Å². The lowest BCUT2D eigenvalue weighted by molar-refractivity contribution is -0.0560. The zero-order valence-electron chi connectivity index (χ0n) is 13.4. The van der Waals surface area contributed by atoms with Gasteiger partial charge in [0.05, 0.1) is 16.9 Å². The van der Waals surface area contributed by atoms with E-state index in [0.29, 0.717) is 5.56 Å². The van der Waals surface area contributed by atoms with Crippen LogP contribution >= 0.6 is 0 Å². The zero-order chi connectivity index (χ0) is 16.7. The predicted octanol–water partition coefficient (Wildman–Crippen LogP) is 0.999. The molecule has 2 fully saturated rings. The Morgan fingerprint density at radius 3 is 2.35 bits per heavy atom. The first-order valence-electron chi connectivity index (χ1n) is 7.79. The molecule has 0 bridgehead atoms. The first kappa shape index (κ1) is 16.4. The molecule has 7 heteroatoms. The lowest BCUT2D eigenvalue weighted by Gasteiger charge is -2.53. The molecule has 6 nitrogen and oxygen atoms in total. The van der Waals surface area contributed by atoms with Crippen LogP contribution in [0.2, 0.25) is 0 Å². The molecule has 3 rings (SSSR count). The number of carbonyl (C=O) groups excluding carboxylic acids is 1. The van der Waals surface area contributed by atoms with Crippen LogP contribution in [-0.4, -0.2) is 55.7 Å². The summed E-state index contributed by atoms with van der Waals surface area (Å²) in [5.41, 5.74) is -0.524. The summed E-state index contributed by atoms with van der Waals surface area (Å²) in [4.78, 5) is 12.5. The molecule has 0 atom stereocenters. The van der Waals surface area contributed by atoms with E-state index in [4.69, 9.17) is 4.74 Å². The van der Waals surface area contributed by atoms with E-state index < -0.39 is 21.2 Å². The number of nitrogens with one attached hydrogen (secondary N) is 1. The van der Waals surface area contributed by atoms with Crippen LogP contribution in [0.5, 0.6) is 0 Å². The average Bonchev–Trinajstić information content (AvgIpc) is 3.32. The molecule has 1 aliphatic carbocycles. The van der Waals surface area contributed by atoms with Crippen LogP contribution in [0.1, 0.15) is 30.1 Å². The van der Waals surface area contributed by atoms with Crippen molar-refractivity contribution >= 4 is 15.9 Å². The number of hydrogen-bond acceptors (Lipinski definition) is 4. The van der Waals surface area contributed by atoms with Gasteiger partial charge in [0.1, 0.15) is 0 Å². The minimum Gasteiger partial charge on any atom is -0.376 e. The van der Waals surface area contributed by atoms with Gasteiger partial charge in [-0.15, -0.1) is 0 Å². The monoisotopic (exact) mass is 338 g/mol. The third-order valence-electron chi connectivity index (χ3n) is 5.01. The average molecular weight is 338 g/mol. The second-order valence-corrected chi connectivity index (χ2v) is 8.53. The van der Waals surface area contributed by atoms with E-state index in [1.165, 1.54) is 4.31 Å². The SMILES string of the molecule is CCS(=O)(=O)N1CC(NC(=O)c2ccccc2)(C2(OC)CC2)C1. The van der Waals surface area contributed by atoms with Crippen molar-refractivity contribution in [2.24, 2.45) is 0 Å². The molecule has 1 N–H and O–H groups in total. The van der Waals surface area contributed by atoms with Gasteiger partial charge in [-0.2, -0.15) is 4.31 Å². The Morgan fingerprint density at radius 2 is 1.87 bits per heavy atom. The normalized spacial score (nSPS) is 22.2. The van der Waals surface area contributed by atoms with Crippen LogP contribution < -0.4 is 5.32 Å². The van der Waals surface area contributed by atoms with Crippen molar-refractivity contribution < 1.29 is 17.9 Å². The minimum absolute atomic E-state index is 0.0652. The molecule has 1 aromatic carbocycles. The van der Waals surface area contributed by atoms with Gasteiger partial charge >= 0.3 is 0 Å². The quantitative estimate of drug-likeness (QED) is 0.840. The molecule has 0 aromatic heterocycles. The van der Waals surface area contributed by atoms with Crippen LogP contribution in [0, 0.1) is 0 Å². The highest BCUT2D eigenvalue weighted by Crippen LogP contribution is 2.52. The number of benzene rings is 1. The summed E-state index contributed by atoms with van der Waals surface area (Å²) in [5, 5.41) is 3.06. The first-order valence-corrected chi connectivity index (χ1v) is 9.39. The highest BCUT2D eigenvalue weighted by Gasteiger charge is 2.67. The van der Waals surface area contributed by atoms with Crippen LogP contribution in [0.15, 0.2) is 30.3 Å². The first-order chi connectivity index (χ1) is 10.9. The van der Waals surface area contributed by atoms with Gasteiger partial charge in [0.2, 0.25) is 10.0 Å². The number of hydrogen-bond donors (Lipinski definition) is 1. The van der Waals surface area contributed by atoms with Gasteiger partial charge < -0.3 is 10.1 Å². The molecule has 1 heterocycles. The molecule has 1 saturated carbocycles. The molecule has 23 heavy (non-hydrogen) atoms. The van der Waals surface area contributed by atoms with E-state index in [0.717, 1.165) is 12.8 Å². The largest absolute Gasteiger partial charge is 0.376 e. The number of methoxy groups -OCH3 is 1. The van der Waals surface area contributed by atoms with Crippen molar-refractivity contribution in [3.05, 3.63) is 35.9 Å². The molecule has 0 spiro atoms. The third-order valence-corrected chi connectivity index (χ3v) is 6.78. The van der Waals surface area contributed by atoms with Crippen molar-refractivity contribution in [3.8, 4) is 0 Å². The fourth-order valence-electron chi connectivity index (χ4n) is 3.29. The maximum atomic E-state index is 12.5. The summed E-state index contributed by atoms with van der Waals surface area (Å²) >= 11 is 0. The number of sulfonamides is 1. The fraction of sp³-hybridized carbons (Fsp3) is 0.562. The van der Waals surface area contributed by atoms with Gasteiger partial charge in [-0.1, -0.05) is 18.2 Å². The molecule has 1 saturated heterocycles. The second-order valence-electron chi connectivity index (χ2n) is 6.27. The third kappa shape index (κ3) is 2.66. The smallest absolute Gasteiger partial charge is 0.251 e. The van der Waals surface area contributed by atoms with Crippen LogP contribution in [0.3, 0.4) is 0 Å². The van der Waals surface area contributed by atoms with Gasteiger partial charge in [-0.05, 0) is 31.9 Å². The van der Waals surface area contributed by atoms with E-state index in [1.807, 2.05) is 6.07 Å². The Bertz CT molecular complexity index is 692. The highest BCUT2D eigenvalue weighted by atomic mass is 32.2. The summed E-state index contributed by atoms with van der Waals surface area (Å²) in [6.45, 7) is 2.17. The number of ether oxygens (including phenoxy) is 1. The molecule has 1 amide bonds. The van der Waals surface area contributed by atoms with Crippen molar-refractivity contribution in [1.29, 1.82) is 0 Å². The van der Waals surface area contributed by atoms with Gasteiger partial charge in [-0.3, -0.25) is 4.79 Å². The van der Waals surface area contributed by atoms with Gasteiger partial charge in [0.15, 0.2) is 0 Å². The summed E-state index contributed by atoms with van der Waals surface area (Å²) in [5.74, 6) is -0.127. The maximum Gasteiger partial charge on any atom is 0.251 e. The summed E-state index contributed by atoms with van der Waals surface area (Å²) in [6, 6.07) is 8.95. The topological polar surface area (TPSA) is 75.7 Å². The number of carbonyl (C=O) groups is 1. The van der Waals surface area contributed by atoms with E-state index in [2.05, 4.69) is 5.32 Å². The summed E-state index contributed by atoms with van der Waals surface area (Å²) in [7, 11) is -1.62. The predicted molar refractivity (Wildman–Crippen MR) is 86.6 cm³/mol. The van der Waals surface area contributed by atoms with E-state index in [1.54, 1.807) is 38.3 Å². The fourth-order valence-corrected chi connectivity index (χ4v) is 4.49. The van der Waals surface area contributed by atoms with E-state index in [-0.39, 0.29) is 24.7 Å². The Morgan fingerprint density at radius 1 is 1.26 bits per heavy atom. The molecule has 0 unspecified atom stereocenters. The molecule has 126 valence electrons. The molecule has 1 aromatic rings. The Balaban J connectivity index is 1.81. The maximum absolute atomic E-state index is 12.5. The Hall–Kier alpha value is -1.44. The molecular formula is C16H22N2O4S.